The second-order valence-electron chi connectivity index (χ2n) is 3.48. The molecule has 0 aromatic heterocycles. The van der Waals surface area contributed by atoms with Crippen LogP contribution in [0.25, 0.3) is 0 Å². The van der Waals surface area contributed by atoms with E-state index in [1.807, 2.05) is 0 Å². The predicted octanol–water partition coefficient (Wildman–Crippen LogP) is 2.08. The molecule has 14 heavy (non-hydrogen) atoms. The summed E-state index contributed by atoms with van der Waals surface area (Å²) in [5.41, 5.74) is -1.61. The van der Waals surface area contributed by atoms with Crippen molar-refractivity contribution in [2.75, 3.05) is 0 Å². The van der Waals surface area contributed by atoms with Gasteiger partial charge in [-0.3, -0.25) is 4.79 Å². The number of aliphatic carboxylic acids is 1. The Morgan fingerprint density at radius 1 is 1.29 bits per heavy atom. The summed E-state index contributed by atoms with van der Waals surface area (Å²) >= 11 is 0. The highest BCUT2D eigenvalue weighted by atomic mass is 19.1. The molecule has 1 aromatic carbocycles. The van der Waals surface area contributed by atoms with Crippen LogP contribution in [0.5, 0.6) is 0 Å². The number of carboxylic acid groups (broad SMARTS) is 1. The second-order valence-corrected chi connectivity index (χ2v) is 3.48. The fraction of sp³-hybridized carbons (Fsp3) is 0.300. The average Bonchev–Trinajstić information content (AvgIpc) is 2.85. The maximum absolute atomic E-state index is 13.2. The lowest BCUT2D eigenvalue weighted by Crippen LogP contribution is -2.22. The quantitative estimate of drug-likeness (QED) is 0.789. The number of rotatable bonds is 2. The molecule has 2 rings (SSSR count). The Morgan fingerprint density at radius 3 is 2.14 bits per heavy atom. The Balaban J connectivity index is 2.56. The topological polar surface area (TPSA) is 37.3 Å². The van der Waals surface area contributed by atoms with Gasteiger partial charge >= 0.3 is 5.97 Å². The molecule has 1 saturated carbocycles. The zero-order valence-corrected chi connectivity index (χ0v) is 7.26. The fourth-order valence-corrected chi connectivity index (χ4v) is 1.65. The zero-order chi connectivity index (χ0) is 10.3. The van der Waals surface area contributed by atoms with Gasteiger partial charge in [0, 0.05) is 5.56 Å². The third-order valence-corrected chi connectivity index (χ3v) is 2.60. The summed E-state index contributed by atoms with van der Waals surface area (Å²) in [5, 5.41) is 8.87. The molecule has 0 unspecified atom stereocenters. The predicted molar refractivity (Wildman–Crippen MR) is 44.9 cm³/mol. The van der Waals surface area contributed by atoms with E-state index < -0.39 is 23.0 Å². The van der Waals surface area contributed by atoms with Crippen molar-refractivity contribution in [3.63, 3.8) is 0 Å². The molecule has 1 aliphatic carbocycles. The van der Waals surface area contributed by atoms with Crippen LogP contribution in [0.4, 0.5) is 8.78 Å². The van der Waals surface area contributed by atoms with Gasteiger partial charge in [0.25, 0.3) is 0 Å². The van der Waals surface area contributed by atoms with Gasteiger partial charge in [-0.1, -0.05) is 6.07 Å². The van der Waals surface area contributed by atoms with Crippen LogP contribution in [-0.4, -0.2) is 11.1 Å². The summed E-state index contributed by atoms with van der Waals surface area (Å²) in [4.78, 5) is 10.9. The Bertz CT molecular complexity index is 377. The van der Waals surface area contributed by atoms with E-state index in [2.05, 4.69) is 0 Å². The first-order chi connectivity index (χ1) is 6.58. The van der Waals surface area contributed by atoms with Gasteiger partial charge in [-0.2, -0.15) is 0 Å². The first-order valence-corrected chi connectivity index (χ1v) is 4.26. The van der Waals surface area contributed by atoms with E-state index in [-0.39, 0.29) is 5.56 Å². The Kier molecular flexibility index (Phi) is 1.80. The van der Waals surface area contributed by atoms with Gasteiger partial charge in [0.05, 0.1) is 5.41 Å². The molecule has 4 heteroatoms. The van der Waals surface area contributed by atoms with Crippen LogP contribution >= 0.6 is 0 Å². The zero-order valence-electron chi connectivity index (χ0n) is 7.26. The van der Waals surface area contributed by atoms with E-state index in [1.165, 1.54) is 6.07 Å². The molecule has 1 aromatic rings. The highest BCUT2D eigenvalue weighted by molar-refractivity contribution is 5.85. The molecular weight excluding hydrogens is 190 g/mol. The lowest BCUT2D eigenvalue weighted by molar-refractivity contribution is -0.140. The Morgan fingerprint density at radius 2 is 1.79 bits per heavy atom. The highest BCUT2D eigenvalue weighted by Crippen LogP contribution is 2.50. The van der Waals surface area contributed by atoms with Gasteiger partial charge in [-0.15, -0.1) is 0 Å². The van der Waals surface area contributed by atoms with Gasteiger partial charge in [0.2, 0.25) is 0 Å². The van der Waals surface area contributed by atoms with Crippen LogP contribution in [-0.2, 0) is 10.2 Å². The van der Waals surface area contributed by atoms with E-state index in [4.69, 9.17) is 5.11 Å². The molecule has 0 saturated heterocycles. The molecule has 0 spiro atoms. The summed E-state index contributed by atoms with van der Waals surface area (Å²) in [6, 6.07) is 3.40. The Labute approximate surface area is 79.2 Å². The van der Waals surface area contributed by atoms with Gasteiger partial charge in [0.15, 0.2) is 0 Å². The monoisotopic (exact) mass is 198 g/mol. The van der Waals surface area contributed by atoms with Crippen molar-refractivity contribution >= 4 is 5.97 Å². The van der Waals surface area contributed by atoms with Gasteiger partial charge in [-0.25, -0.2) is 8.78 Å². The van der Waals surface area contributed by atoms with Crippen LogP contribution in [0.3, 0.4) is 0 Å². The van der Waals surface area contributed by atoms with Gasteiger partial charge < -0.3 is 5.11 Å². The van der Waals surface area contributed by atoms with Crippen molar-refractivity contribution in [1.82, 2.24) is 0 Å². The number of benzene rings is 1. The van der Waals surface area contributed by atoms with Crippen molar-refractivity contribution in [3.05, 3.63) is 35.4 Å². The van der Waals surface area contributed by atoms with Crippen molar-refractivity contribution in [2.24, 2.45) is 0 Å². The minimum Gasteiger partial charge on any atom is -0.481 e. The van der Waals surface area contributed by atoms with Crippen molar-refractivity contribution in [2.45, 2.75) is 18.3 Å². The molecule has 0 bridgehead atoms. The van der Waals surface area contributed by atoms with E-state index in [0.29, 0.717) is 12.8 Å². The summed E-state index contributed by atoms with van der Waals surface area (Å²) in [5.74, 6) is -2.70. The van der Waals surface area contributed by atoms with Gasteiger partial charge in [0.1, 0.15) is 11.6 Å². The standard InChI is InChI=1S/C10H8F2O2/c11-6-2-1-3-7(12)8(6)10(4-5-10)9(13)14/h1-3H,4-5H2,(H,13,14). The third kappa shape index (κ3) is 1.10. The number of carbonyl (C=O) groups is 1. The molecule has 1 fully saturated rings. The van der Waals surface area contributed by atoms with Crippen LogP contribution in [0.2, 0.25) is 0 Å². The molecule has 1 N–H and O–H groups in total. The lowest BCUT2D eigenvalue weighted by Gasteiger charge is -2.11. The minimum atomic E-state index is -1.31. The van der Waals surface area contributed by atoms with E-state index in [9.17, 15) is 13.6 Å². The number of halogens is 2. The molecule has 0 radical (unpaired) electrons. The van der Waals surface area contributed by atoms with E-state index in [1.54, 1.807) is 0 Å². The molecule has 1 aliphatic rings. The maximum Gasteiger partial charge on any atom is 0.314 e. The maximum atomic E-state index is 13.2. The van der Waals surface area contributed by atoms with E-state index >= 15 is 0 Å². The molecule has 2 nitrogen and oxygen atoms in total. The molecule has 74 valence electrons. The summed E-state index contributed by atoms with van der Waals surface area (Å²) in [6.07, 6.45) is 0.611. The normalized spacial score (nSPS) is 17.9. The van der Waals surface area contributed by atoms with Crippen LogP contribution < -0.4 is 0 Å². The third-order valence-electron chi connectivity index (χ3n) is 2.60. The van der Waals surface area contributed by atoms with Crippen LogP contribution in [0.1, 0.15) is 18.4 Å². The molecule has 0 amide bonds. The average molecular weight is 198 g/mol. The largest absolute Gasteiger partial charge is 0.481 e. The smallest absolute Gasteiger partial charge is 0.314 e. The van der Waals surface area contributed by atoms with Crippen molar-refractivity contribution in [3.8, 4) is 0 Å². The molecular formula is C10H8F2O2. The second kappa shape index (κ2) is 2.77. The summed E-state index contributed by atoms with van der Waals surface area (Å²) in [6.45, 7) is 0. The van der Waals surface area contributed by atoms with Gasteiger partial charge in [-0.05, 0) is 25.0 Å². The van der Waals surface area contributed by atoms with Crippen molar-refractivity contribution < 1.29 is 18.7 Å². The first-order valence-electron chi connectivity index (χ1n) is 4.26. The SMILES string of the molecule is O=C(O)C1(c2c(F)cccc2F)CC1. The molecule has 0 atom stereocenters. The summed E-state index contributed by atoms with van der Waals surface area (Å²) < 4.78 is 26.5. The highest BCUT2D eigenvalue weighted by Gasteiger charge is 2.54. The fourth-order valence-electron chi connectivity index (χ4n) is 1.65. The van der Waals surface area contributed by atoms with Crippen molar-refractivity contribution in [1.29, 1.82) is 0 Å². The minimum absolute atomic E-state index is 0.299. The molecule has 0 heterocycles. The first kappa shape index (κ1) is 9.12. The summed E-state index contributed by atoms with van der Waals surface area (Å²) in [7, 11) is 0. The number of hydrogen-bond donors (Lipinski definition) is 1. The van der Waals surface area contributed by atoms with Crippen LogP contribution in [0.15, 0.2) is 18.2 Å². The Hall–Kier alpha value is -1.45. The lowest BCUT2D eigenvalue weighted by atomic mass is 9.95. The van der Waals surface area contributed by atoms with Crippen LogP contribution in [0, 0.1) is 11.6 Å². The number of hydrogen-bond acceptors (Lipinski definition) is 1. The van der Waals surface area contributed by atoms with E-state index in [0.717, 1.165) is 12.1 Å². The number of carboxylic acids is 1. The molecule has 0 aliphatic heterocycles.